The highest BCUT2D eigenvalue weighted by Crippen LogP contribution is 2.46. The summed E-state index contributed by atoms with van der Waals surface area (Å²) in [7, 11) is 0. The SMILES string of the molecule is CC1CCCC1(CNC1CC1)c1cc(F)cc(F)c1. The van der Waals surface area contributed by atoms with Crippen LogP contribution in [0.15, 0.2) is 18.2 Å². The highest BCUT2D eigenvalue weighted by Gasteiger charge is 2.42. The van der Waals surface area contributed by atoms with Gasteiger partial charge in [-0.25, -0.2) is 8.78 Å². The first-order valence-electron chi connectivity index (χ1n) is 7.30. The van der Waals surface area contributed by atoms with Crippen LogP contribution in [0.4, 0.5) is 8.78 Å². The van der Waals surface area contributed by atoms with Gasteiger partial charge in [0.05, 0.1) is 0 Å². The van der Waals surface area contributed by atoms with Gasteiger partial charge in [-0.1, -0.05) is 13.3 Å². The predicted octanol–water partition coefficient (Wildman–Crippen LogP) is 3.77. The number of hydrogen-bond acceptors (Lipinski definition) is 1. The molecule has 2 fully saturated rings. The Balaban J connectivity index is 1.92. The van der Waals surface area contributed by atoms with Gasteiger partial charge in [-0.3, -0.25) is 0 Å². The second kappa shape index (κ2) is 4.86. The Morgan fingerprint density at radius 1 is 1.16 bits per heavy atom. The standard InChI is InChI=1S/C16H21F2N/c1-11-3-2-6-16(11,10-19-15-4-5-15)12-7-13(17)9-14(18)8-12/h7-9,11,15,19H,2-6,10H2,1H3. The molecule has 1 nitrogen and oxygen atoms in total. The molecule has 0 aromatic heterocycles. The van der Waals surface area contributed by atoms with E-state index in [-0.39, 0.29) is 5.41 Å². The van der Waals surface area contributed by atoms with Crippen LogP contribution < -0.4 is 5.32 Å². The van der Waals surface area contributed by atoms with Crippen LogP contribution in [-0.4, -0.2) is 12.6 Å². The molecule has 0 spiro atoms. The van der Waals surface area contributed by atoms with Gasteiger partial charge in [0.1, 0.15) is 11.6 Å². The summed E-state index contributed by atoms with van der Waals surface area (Å²) in [5.41, 5.74) is 0.745. The average molecular weight is 265 g/mol. The Hall–Kier alpha value is -0.960. The molecule has 104 valence electrons. The zero-order valence-electron chi connectivity index (χ0n) is 11.4. The number of rotatable bonds is 4. The molecule has 3 heteroatoms. The number of hydrogen-bond donors (Lipinski definition) is 1. The molecule has 3 rings (SSSR count). The summed E-state index contributed by atoms with van der Waals surface area (Å²) in [6.45, 7) is 3.06. The van der Waals surface area contributed by atoms with Crippen molar-refractivity contribution in [2.45, 2.75) is 50.5 Å². The average Bonchev–Trinajstić information content (AvgIpc) is 3.10. The van der Waals surface area contributed by atoms with Crippen LogP contribution in [0.1, 0.15) is 44.6 Å². The van der Waals surface area contributed by atoms with E-state index in [9.17, 15) is 8.78 Å². The number of nitrogens with one attached hydrogen (secondary N) is 1. The first-order chi connectivity index (χ1) is 9.10. The summed E-state index contributed by atoms with van der Waals surface area (Å²) < 4.78 is 27.1. The van der Waals surface area contributed by atoms with Crippen molar-refractivity contribution in [3.63, 3.8) is 0 Å². The molecule has 0 amide bonds. The topological polar surface area (TPSA) is 12.0 Å². The quantitative estimate of drug-likeness (QED) is 0.873. The van der Waals surface area contributed by atoms with E-state index in [1.165, 1.54) is 25.0 Å². The van der Waals surface area contributed by atoms with Gasteiger partial charge in [-0.2, -0.15) is 0 Å². The minimum atomic E-state index is -0.458. The van der Waals surface area contributed by atoms with Gasteiger partial charge in [0, 0.05) is 24.1 Å². The van der Waals surface area contributed by atoms with E-state index in [0.717, 1.165) is 37.4 Å². The summed E-state index contributed by atoms with van der Waals surface area (Å²) in [6, 6.07) is 4.65. The lowest BCUT2D eigenvalue weighted by Gasteiger charge is -2.35. The Bertz CT molecular complexity index is 450. The van der Waals surface area contributed by atoms with Crippen molar-refractivity contribution >= 4 is 0 Å². The summed E-state index contributed by atoms with van der Waals surface area (Å²) in [5, 5.41) is 3.56. The maximum absolute atomic E-state index is 13.5. The highest BCUT2D eigenvalue weighted by atomic mass is 19.1. The monoisotopic (exact) mass is 265 g/mol. The molecular weight excluding hydrogens is 244 g/mol. The third kappa shape index (κ3) is 2.53. The molecule has 0 aliphatic heterocycles. The lowest BCUT2D eigenvalue weighted by molar-refractivity contribution is 0.314. The Morgan fingerprint density at radius 3 is 2.37 bits per heavy atom. The lowest BCUT2D eigenvalue weighted by atomic mass is 9.72. The van der Waals surface area contributed by atoms with Crippen molar-refractivity contribution in [2.75, 3.05) is 6.54 Å². The minimum absolute atomic E-state index is 0.0917. The summed E-state index contributed by atoms with van der Waals surface area (Å²) >= 11 is 0. The zero-order chi connectivity index (χ0) is 13.5. The first kappa shape index (κ1) is 13.0. The summed E-state index contributed by atoms with van der Waals surface area (Å²) in [6.07, 6.45) is 5.79. The number of halogens is 2. The van der Waals surface area contributed by atoms with Crippen LogP contribution in [0.3, 0.4) is 0 Å². The van der Waals surface area contributed by atoms with E-state index in [1.54, 1.807) is 0 Å². The van der Waals surface area contributed by atoms with Crippen LogP contribution >= 0.6 is 0 Å². The van der Waals surface area contributed by atoms with Crippen LogP contribution in [0.5, 0.6) is 0 Å². The molecule has 2 atom stereocenters. The van der Waals surface area contributed by atoms with E-state index < -0.39 is 11.6 Å². The fourth-order valence-corrected chi connectivity index (χ4v) is 3.50. The third-order valence-corrected chi connectivity index (χ3v) is 4.92. The molecule has 0 bridgehead atoms. The van der Waals surface area contributed by atoms with Crippen LogP contribution in [0.25, 0.3) is 0 Å². The predicted molar refractivity (Wildman–Crippen MR) is 72.1 cm³/mol. The Morgan fingerprint density at radius 2 is 1.84 bits per heavy atom. The molecule has 0 saturated heterocycles. The van der Waals surface area contributed by atoms with Crippen LogP contribution in [0.2, 0.25) is 0 Å². The Labute approximate surface area is 113 Å². The number of benzene rings is 1. The van der Waals surface area contributed by atoms with Crippen molar-refractivity contribution in [1.29, 1.82) is 0 Å². The first-order valence-corrected chi connectivity index (χ1v) is 7.30. The van der Waals surface area contributed by atoms with Crippen molar-refractivity contribution in [3.05, 3.63) is 35.4 Å². The van der Waals surface area contributed by atoms with Gasteiger partial charge in [-0.15, -0.1) is 0 Å². The van der Waals surface area contributed by atoms with Gasteiger partial charge < -0.3 is 5.32 Å². The normalized spacial score (nSPS) is 30.8. The molecule has 2 unspecified atom stereocenters. The molecule has 1 aromatic carbocycles. The Kier molecular flexibility index (Phi) is 3.34. The van der Waals surface area contributed by atoms with Crippen LogP contribution in [0, 0.1) is 17.6 Å². The molecule has 2 saturated carbocycles. The van der Waals surface area contributed by atoms with Gasteiger partial charge >= 0.3 is 0 Å². The molecule has 2 aliphatic carbocycles. The fraction of sp³-hybridized carbons (Fsp3) is 0.625. The highest BCUT2D eigenvalue weighted by molar-refractivity contribution is 5.30. The van der Waals surface area contributed by atoms with E-state index in [0.29, 0.717) is 12.0 Å². The maximum atomic E-state index is 13.5. The lowest BCUT2D eigenvalue weighted by Crippen LogP contribution is -2.41. The molecule has 1 aromatic rings. The molecule has 0 heterocycles. The van der Waals surface area contributed by atoms with Crippen molar-refractivity contribution in [2.24, 2.45) is 5.92 Å². The summed E-state index contributed by atoms with van der Waals surface area (Å²) in [5.74, 6) is -0.445. The summed E-state index contributed by atoms with van der Waals surface area (Å²) in [4.78, 5) is 0. The molecule has 19 heavy (non-hydrogen) atoms. The zero-order valence-corrected chi connectivity index (χ0v) is 11.4. The molecule has 1 N–H and O–H groups in total. The second-order valence-corrected chi connectivity index (χ2v) is 6.26. The van der Waals surface area contributed by atoms with Gasteiger partial charge in [-0.05, 0) is 49.3 Å². The van der Waals surface area contributed by atoms with Gasteiger partial charge in [0.25, 0.3) is 0 Å². The fourth-order valence-electron chi connectivity index (χ4n) is 3.50. The van der Waals surface area contributed by atoms with Crippen molar-refractivity contribution in [3.8, 4) is 0 Å². The van der Waals surface area contributed by atoms with Crippen LogP contribution in [-0.2, 0) is 5.41 Å². The minimum Gasteiger partial charge on any atom is -0.313 e. The van der Waals surface area contributed by atoms with E-state index in [2.05, 4.69) is 12.2 Å². The maximum Gasteiger partial charge on any atom is 0.126 e. The van der Waals surface area contributed by atoms with Crippen molar-refractivity contribution < 1.29 is 8.78 Å². The molecule has 2 aliphatic rings. The van der Waals surface area contributed by atoms with E-state index in [4.69, 9.17) is 0 Å². The van der Waals surface area contributed by atoms with E-state index in [1.807, 2.05) is 0 Å². The third-order valence-electron chi connectivity index (χ3n) is 4.92. The second-order valence-electron chi connectivity index (χ2n) is 6.26. The van der Waals surface area contributed by atoms with Gasteiger partial charge in [0.15, 0.2) is 0 Å². The molecule has 0 radical (unpaired) electrons. The smallest absolute Gasteiger partial charge is 0.126 e. The van der Waals surface area contributed by atoms with Gasteiger partial charge in [0.2, 0.25) is 0 Å². The molecular formula is C16H21F2N. The van der Waals surface area contributed by atoms with E-state index >= 15 is 0 Å². The van der Waals surface area contributed by atoms with Crippen molar-refractivity contribution in [1.82, 2.24) is 5.32 Å². The largest absolute Gasteiger partial charge is 0.313 e.